The molecule has 3 atom stereocenters. The summed E-state index contributed by atoms with van der Waals surface area (Å²) in [5.74, 6) is 1.07. The number of benzene rings is 1. The van der Waals surface area contributed by atoms with Crippen LogP contribution in [0.1, 0.15) is 43.9 Å². The number of hydrogen-bond acceptors (Lipinski definition) is 4. The van der Waals surface area contributed by atoms with Gasteiger partial charge in [0.15, 0.2) is 5.96 Å². The Kier molecular flexibility index (Phi) is 7.28. The Labute approximate surface area is 173 Å². The van der Waals surface area contributed by atoms with Gasteiger partial charge in [-0.1, -0.05) is 30.3 Å². The summed E-state index contributed by atoms with van der Waals surface area (Å²) < 4.78 is 7.78. The maximum Gasteiger partial charge on any atom is 0.191 e. The summed E-state index contributed by atoms with van der Waals surface area (Å²) in [5, 5.41) is 21.7. The summed E-state index contributed by atoms with van der Waals surface area (Å²) in [5.41, 5.74) is 0.904. The summed E-state index contributed by atoms with van der Waals surface area (Å²) >= 11 is 0. The first kappa shape index (κ1) is 21.3. The number of aryl methyl sites for hydroxylation is 1. The smallest absolute Gasteiger partial charge is 0.191 e. The van der Waals surface area contributed by atoms with Crippen LogP contribution in [0.4, 0.5) is 0 Å². The molecule has 7 heteroatoms. The largest absolute Gasteiger partial charge is 0.383 e. The first-order valence-corrected chi connectivity index (χ1v) is 10.4. The standard InChI is InChI=1S/C22H33N5O2/c1-4-23-21(25-16-22(2,28)19-14-26-27(3)15-19)24-13-18-11-8-12-29-20(18)17-9-6-5-7-10-17/h5-7,9-10,14-15,18,20,28H,4,8,11-13,16H2,1-3H3,(H2,23,24,25). The van der Waals surface area contributed by atoms with Gasteiger partial charge < -0.3 is 20.5 Å². The molecule has 158 valence electrons. The van der Waals surface area contributed by atoms with E-state index in [0.29, 0.717) is 11.9 Å². The Balaban J connectivity index is 1.64. The molecule has 3 unspecified atom stereocenters. The number of ether oxygens (including phenoxy) is 1. The van der Waals surface area contributed by atoms with Crippen LogP contribution in [-0.2, 0) is 17.4 Å². The lowest BCUT2D eigenvalue weighted by atomic mass is 9.89. The normalized spacial score (nSPS) is 22.1. The fourth-order valence-corrected chi connectivity index (χ4v) is 3.66. The summed E-state index contributed by atoms with van der Waals surface area (Å²) in [4.78, 5) is 4.62. The van der Waals surface area contributed by atoms with Gasteiger partial charge in [0.25, 0.3) is 0 Å². The van der Waals surface area contributed by atoms with Gasteiger partial charge in [0.1, 0.15) is 5.60 Å². The van der Waals surface area contributed by atoms with Crippen LogP contribution in [0.3, 0.4) is 0 Å². The molecule has 0 amide bonds. The Hall–Kier alpha value is -2.38. The van der Waals surface area contributed by atoms with Crippen molar-refractivity contribution in [2.45, 2.75) is 38.4 Å². The minimum Gasteiger partial charge on any atom is -0.383 e. The van der Waals surface area contributed by atoms with Gasteiger partial charge in [-0.25, -0.2) is 4.99 Å². The zero-order valence-electron chi connectivity index (χ0n) is 17.6. The average Bonchev–Trinajstić information content (AvgIpc) is 3.18. The van der Waals surface area contributed by atoms with E-state index in [2.05, 4.69) is 45.0 Å². The van der Waals surface area contributed by atoms with E-state index in [-0.39, 0.29) is 12.6 Å². The van der Waals surface area contributed by atoms with Crippen molar-refractivity contribution in [3.63, 3.8) is 0 Å². The maximum absolute atomic E-state index is 10.8. The highest BCUT2D eigenvalue weighted by Crippen LogP contribution is 2.33. The Morgan fingerprint density at radius 3 is 2.83 bits per heavy atom. The molecule has 0 radical (unpaired) electrons. The van der Waals surface area contributed by atoms with Crippen molar-refractivity contribution in [1.29, 1.82) is 0 Å². The zero-order valence-corrected chi connectivity index (χ0v) is 17.6. The van der Waals surface area contributed by atoms with E-state index in [9.17, 15) is 5.11 Å². The number of nitrogens with zero attached hydrogens (tertiary/aromatic N) is 3. The molecule has 0 aliphatic carbocycles. The Morgan fingerprint density at radius 1 is 1.34 bits per heavy atom. The van der Waals surface area contributed by atoms with E-state index in [1.807, 2.05) is 26.2 Å². The van der Waals surface area contributed by atoms with Crippen molar-refractivity contribution in [3.05, 3.63) is 53.9 Å². The molecule has 1 aliphatic heterocycles. The molecule has 2 heterocycles. The first-order valence-electron chi connectivity index (χ1n) is 10.4. The van der Waals surface area contributed by atoms with Crippen LogP contribution in [-0.4, -0.2) is 47.1 Å². The van der Waals surface area contributed by atoms with Crippen LogP contribution in [0.25, 0.3) is 0 Å². The topological polar surface area (TPSA) is 83.7 Å². The van der Waals surface area contributed by atoms with Crippen LogP contribution < -0.4 is 10.6 Å². The van der Waals surface area contributed by atoms with Crippen molar-refractivity contribution >= 4 is 5.96 Å². The van der Waals surface area contributed by atoms with Crippen molar-refractivity contribution in [3.8, 4) is 0 Å². The second-order valence-corrected chi connectivity index (χ2v) is 7.86. The third-order valence-corrected chi connectivity index (χ3v) is 5.32. The van der Waals surface area contributed by atoms with E-state index >= 15 is 0 Å². The van der Waals surface area contributed by atoms with E-state index in [1.54, 1.807) is 17.8 Å². The molecule has 0 spiro atoms. The zero-order chi connectivity index (χ0) is 20.7. The van der Waals surface area contributed by atoms with Gasteiger partial charge in [-0.15, -0.1) is 0 Å². The van der Waals surface area contributed by atoms with Gasteiger partial charge >= 0.3 is 0 Å². The molecule has 1 saturated heterocycles. The molecule has 29 heavy (non-hydrogen) atoms. The van der Waals surface area contributed by atoms with E-state index in [4.69, 9.17) is 4.74 Å². The van der Waals surface area contributed by atoms with Crippen LogP contribution in [0.15, 0.2) is 47.7 Å². The van der Waals surface area contributed by atoms with Crippen LogP contribution in [0, 0.1) is 5.92 Å². The molecule has 1 aromatic heterocycles. The molecule has 3 rings (SSSR count). The monoisotopic (exact) mass is 399 g/mol. The number of aliphatic hydroxyl groups is 1. The summed E-state index contributed by atoms with van der Waals surface area (Å²) in [6, 6.07) is 10.4. The molecular weight excluding hydrogens is 366 g/mol. The van der Waals surface area contributed by atoms with Crippen LogP contribution in [0.5, 0.6) is 0 Å². The number of hydrogen-bond donors (Lipinski definition) is 3. The number of nitrogens with one attached hydrogen (secondary N) is 2. The third kappa shape index (κ3) is 5.81. The SMILES string of the molecule is CCNC(=NCC(C)(O)c1cnn(C)c1)NCC1CCCOC1c1ccccc1. The predicted molar refractivity (Wildman–Crippen MR) is 115 cm³/mol. The third-order valence-electron chi connectivity index (χ3n) is 5.32. The fourth-order valence-electron chi connectivity index (χ4n) is 3.66. The average molecular weight is 400 g/mol. The van der Waals surface area contributed by atoms with Crippen molar-refractivity contribution in [2.75, 3.05) is 26.2 Å². The summed E-state index contributed by atoms with van der Waals surface area (Å²) in [6.07, 6.45) is 5.77. The quantitative estimate of drug-likeness (QED) is 0.492. The highest BCUT2D eigenvalue weighted by molar-refractivity contribution is 5.79. The van der Waals surface area contributed by atoms with Crippen LogP contribution in [0.2, 0.25) is 0 Å². The second kappa shape index (κ2) is 9.89. The highest BCUT2D eigenvalue weighted by atomic mass is 16.5. The van der Waals surface area contributed by atoms with E-state index < -0.39 is 5.60 Å². The molecule has 1 aliphatic rings. The predicted octanol–water partition coefficient (Wildman–Crippen LogP) is 2.35. The van der Waals surface area contributed by atoms with Gasteiger partial charge in [0.05, 0.1) is 18.8 Å². The second-order valence-electron chi connectivity index (χ2n) is 7.86. The van der Waals surface area contributed by atoms with Gasteiger partial charge in [-0.2, -0.15) is 5.10 Å². The van der Waals surface area contributed by atoms with Gasteiger partial charge in [-0.3, -0.25) is 4.68 Å². The number of aromatic nitrogens is 2. The molecule has 0 bridgehead atoms. The molecule has 3 N–H and O–H groups in total. The van der Waals surface area contributed by atoms with E-state index in [1.165, 1.54) is 5.56 Å². The number of aliphatic imine (C=N–C) groups is 1. The van der Waals surface area contributed by atoms with Gasteiger partial charge in [0.2, 0.25) is 0 Å². The number of rotatable bonds is 7. The first-order chi connectivity index (χ1) is 14.0. The summed E-state index contributed by atoms with van der Waals surface area (Å²) in [7, 11) is 1.84. The van der Waals surface area contributed by atoms with Gasteiger partial charge in [0, 0.05) is 44.4 Å². The van der Waals surface area contributed by atoms with E-state index in [0.717, 1.165) is 38.1 Å². The lowest BCUT2D eigenvalue weighted by molar-refractivity contribution is -0.0265. The molecular formula is C22H33N5O2. The highest BCUT2D eigenvalue weighted by Gasteiger charge is 2.28. The molecule has 7 nitrogen and oxygen atoms in total. The minimum absolute atomic E-state index is 0.0961. The fraction of sp³-hybridized carbons (Fsp3) is 0.545. The Morgan fingerprint density at radius 2 is 2.14 bits per heavy atom. The van der Waals surface area contributed by atoms with Crippen molar-refractivity contribution in [1.82, 2.24) is 20.4 Å². The molecule has 0 saturated carbocycles. The Bertz CT molecular complexity index is 788. The molecule has 1 fully saturated rings. The lowest BCUT2D eigenvalue weighted by Crippen LogP contribution is -2.42. The van der Waals surface area contributed by atoms with Crippen LogP contribution >= 0.6 is 0 Å². The molecule has 2 aromatic rings. The van der Waals surface area contributed by atoms with Gasteiger partial charge in [-0.05, 0) is 32.3 Å². The number of guanidine groups is 1. The van der Waals surface area contributed by atoms with Crippen molar-refractivity contribution < 1.29 is 9.84 Å². The maximum atomic E-state index is 10.8. The van der Waals surface area contributed by atoms with Crippen molar-refractivity contribution in [2.24, 2.45) is 18.0 Å². The minimum atomic E-state index is -1.07. The lowest BCUT2D eigenvalue weighted by Gasteiger charge is -2.32. The summed E-state index contributed by atoms with van der Waals surface area (Å²) in [6.45, 7) is 6.37. The molecule has 1 aromatic carbocycles.